The zero-order valence-corrected chi connectivity index (χ0v) is 12.5. The quantitative estimate of drug-likeness (QED) is 0.898. The molecule has 0 spiro atoms. The fourth-order valence-electron chi connectivity index (χ4n) is 2.36. The van der Waals surface area contributed by atoms with Crippen molar-refractivity contribution in [2.45, 2.75) is 25.1 Å². The van der Waals surface area contributed by atoms with Gasteiger partial charge in [-0.3, -0.25) is 9.78 Å². The number of hydrogen-bond acceptors (Lipinski definition) is 5. The predicted octanol–water partition coefficient (Wildman–Crippen LogP) is 2.25. The second kappa shape index (κ2) is 6.42. The van der Waals surface area contributed by atoms with Crippen molar-refractivity contribution in [2.75, 3.05) is 11.9 Å². The van der Waals surface area contributed by atoms with Gasteiger partial charge in [0, 0.05) is 18.8 Å². The monoisotopic (exact) mass is 337 g/mol. The molecule has 6 nitrogen and oxygen atoms in total. The van der Waals surface area contributed by atoms with E-state index in [1.165, 1.54) is 12.3 Å². The molecule has 0 aromatic carbocycles. The molecule has 3 rings (SSSR count). The number of amides is 1. The second-order valence-electron chi connectivity index (χ2n) is 5.30. The summed E-state index contributed by atoms with van der Waals surface area (Å²) >= 11 is 0. The summed E-state index contributed by atoms with van der Waals surface area (Å²) in [6, 6.07) is 4.98. The third kappa shape index (κ3) is 3.61. The fourth-order valence-corrected chi connectivity index (χ4v) is 2.36. The highest BCUT2D eigenvalue weighted by Gasteiger charge is 2.34. The smallest absolute Gasteiger partial charge is 0.358 e. The molecule has 2 N–H and O–H groups in total. The summed E-state index contributed by atoms with van der Waals surface area (Å²) in [5, 5.41) is 5.43. The summed E-state index contributed by atoms with van der Waals surface area (Å²) < 4.78 is 39.3. The fraction of sp³-hybridized carbons (Fsp3) is 0.333. The number of nitrogens with one attached hydrogen (secondary N) is 2. The van der Waals surface area contributed by atoms with E-state index in [-0.39, 0.29) is 23.2 Å². The molecule has 1 fully saturated rings. The van der Waals surface area contributed by atoms with Crippen LogP contribution in [0, 0.1) is 0 Å². The minimum atomic E-state index is -4.63. The van der Waals surface area contributed by atoms with E-state index in [4.69, 9.17) is 0 Å². The number of anilines is 1. The number of aromatic nitrogens is 3. The van der Waals surface area contributed by atoms with Gasteiger partial charge in [0.25, 0.3) is 0 Å². The van der Waals surface area contributed by atoms with E-state index in [0.717, 1.165) is 12.5 Å². The Hall–Kier alpha value is -2.71. The molecule has 24 heavy (non-hydrogen) atoms. The van der Waals surface area contributed by atoms with Crippen molar-refractivity contribution < 1.29 is 18.0 Å². The summed E-state index contributed by atoms with van der Waals surface area (Å²) in [6.45, 7) is 0.563. The number of pyridine rings is 1. The average Bonchev–Trinajstić information content (AvgIpc) is 2.57. The van der Waals surface area contributed by atoms with Crippen LogP contribution in [0.4, 0.5) is 19.0 Å². The Bertz CT molecular complexity index is 736. The maximum absolute atomic E-state index is 13.1. The molecular weight excluding hydrogens is 323 g/mol. The minimum absolute atomic E-state index is 0.0555. The van der Waals surface area contributed by atoms with Crippen LogP contribution in [-0.2, 0) is 11.0 Å². The molecule has 2 aromatic heterocycles. The highest BCUT2D eigenvalue weighted by atomic mass is 19.4. The van der Waals surface area contributed by atoms with Crippen molar-refractivity contribution in [3.05, 3.63) is 36.2 Å². The van der Waals surface area contributed by atoms with E-state index in [9.17, 15) is 18.0 Å². The van der Waals surface area contributed by atoms with Gasteiger partial charge in [0.2, 0.25) is 5.91 Å². The van der Waals surface area contributed by atoms with Gasteiger partial charge >= 0.3 is 6.18 Å². The topological polar surface area (TPSA) is 79.8 Å². The van der Waals surface area contributed by atoms with Crippen LogP contribution in [0.2, 0.25) is 0 Å². The maximum atomic E-state index is 13.1. The molecule has 1 aliphatic heterocycles. The van der Waals surface area contributed by atoms with Crippen molar-refractivity contribution in [2.24, 2.45) is 0 Å². The molecule has 3 heterocycles. The first-order chi connectivity index (χ1) is 11.4. The number of piperidine rings is 1. The van der Waals surface area contributed by atoms with Gasteiger partial charge in [-0.1, -0.05) is 6.07 Å². The molecule has 126 valence electrons. The van der Waals surface area contributed by atoms with Crippen molar-refractivity contribution in [1.29, 1.82) is 0 Å². The molecule has 1 atom stereocenters. The van der Waals surface area contributed by atoms with Crippen molar-refractivity contribution in [1.82, 2.24) is 20.3 Å². The molecule has 9 heteroatoms. The Morgan fingerprint density at radius 1 is 1.25 bits per heavy atom. The van der Waals surface area contributed by atoms with Gasteiger partial charge in [0.15, 0.2) is 11.5 Å². The Morgan fingerprint density at radius 2 is 2.08 bits per heavy atom. The van der Waals surface area contributed by atoms with E-state index in [1.807, 2.05) is 0 Å². The van der Waals surface area contributed by atoms with Gasteiger partial charge in [-0.2, -0.15) is 13.2 Å². The van der Waals surface area contributed by atoms with Crippen molar-refractivity contribution in [3.63, 3.8) is 0 Å². The Balaban J connectivity index is 1.97. The van der Waals surface area contributed by atoms with Gasteiger partial charge in [-0.15, -0.1) is 0 Å². The number of alkyl halides is 3. The SMILES string of the molecule is O=C1NCCC[C@H]1Nc1cc(C(F)(F)F)nc(-c2ccccn2)n1. The molecule has 0 unspecified atom stereocenters. The summed E-state index contributed by atoms with van der Waals surface area (Å²) in [6.07, 6.45) is -1.91. The Kier molecular flexibility index (Phi) is 4.32. The van der Waals surface area contributed by atoms with Crippen LogP contribution in [-0.4, -0.2) is 33.4 Å². The summed E-state index contributed by atoms with van der Waals surface area (Å²) in [5.41, 5.74) is -0.864. The lowest BCUT2D eigenvalue weighted by Gasteiger charge is -2.23. The molecule has 0 radical (unpaired) electrons. The van der Waals surface area contributed by atoms with E-state index in [2.05, 4.69) is 25.6 Å². The first-order valence-electron chi connectivity index (χ1n) is 7.35. The van der Waals surface area contributed by atoms with Crippen LogP contribution >= 0.6 is 0 Å². The van der Waals surface area contributed by atoms with E-state index >= 15 is 0 Å². The lowest BCUT2D eigenvalue weighted by atomic mass is 10.1. The maximum Gasteiger partial charge on any atom is 0.433 e. The highest BCUT2D eigenvalue weighted by Crippen LogP contribution is 2.30. The molecule has 1 amide bonds. The molecular formula is C15H14F3N5O. The zero-order valence-electron chi connectivity index (χ0n) is 12.5. The number of carbonyl (C=O) groups excluding carboxylic acids is 1. The largest absolute Gasteiger partial charge is 0.433 e. The molecule has 1 aliphatic rings. The minimum Gasteiger partial charge on any atom is -0.358 e. The first kappa shape index (κ1) is 16.2. The Labute approximate surface area is 135 Å². The summed E-state index contributed by atoms with van der Waals surface area (Å²) in [4.78, 5) is 23.4. The predicted molar refractivity (Wildman–Crippen MR) is 79.9 cm³/mol. The zero-order chi connectivity index (χ0) is 17.2. The number of halogens is 3. The lowest BCUT2D eigenvalue weighted by molar-refractivity contribution is -0.141. The van der Waals surface area contributed by atoms with Gasteiger partial charge in [-0.05, 0) is 25.0 Å². The second-order valence-corrected chi connectivity index (χ2v) is 5.30. The molecule has 1 saturated heterocycles. The van der Waals surface area contributed by atoms with Crippen LogP contribution in [0.5, 0.6) is 0 Å². The number of hydrogen-bond donors (Lipinski definition) is 2. The van der Waals surface area contributed by atoms with Crippen molar-refractivity contribution in [3.8, 4) is 11.5 Å². The number of carbonyl (C=O) groups is 1. The van der Waals surface area contributed by atoms with Crippen LogP contribution in [0.1, 0.15) is 18.5 Å². The van der Waals surface area contributed by atoms with Crippen LogP contribution in [0.15, 0.2) is 30.5 Å². The van der Waals surface area contributed by atoms with Gasteiger partial charge in [-0.25, -0.2) is 9.97 Å². The molecule has 2 aromatic rings. The van der Waals surface area contributed by atoms with Crippen LogP contribution in [0.25, 0.3) is 11.5 Å². The lowest BCUT2D eigenvalue weighted by Crippen LogP contribution is -2.44. The van der Waals surface area contributed by atoms with E-state index in [0.29, 0.717) is 13.0 Å². The average molecular weight is 337 g/mol. The third-order valence-corrected chi connectivity index (χ3v) is 3.52. The summed E-state index contributed by atoms with van der Waals surface area (Å²) in [5.74, 6) is -0.461. The molecule has 0 aliphatic carbocycles. The molecule has 0 bridgehead atoms. The van der Waals surface area contributed by atoms with E-state index < -0.39 is 17.9 Å². The van der Waals surface area contributed by atoms with Crippen LogP contribution in [0.3, 0.4) is 0 Å². The summed E-state index contributed by atoms with van der Waals surface area (Å²) in [7, 11) is 0. The normalized spacial score (nSPS) is 18.1. The number of nitrogens with zero attached hydrogens (tertiary/aromatic N) is 3. The van der Waals surface area contributed by atoms with Crippen molar-refractivity contribution >= 4 is 11.7 Å². The molecule has 0 saturated carbocycles. The third-order valence-electron chi connectivity index (χ3n) is 3.52. The Morgan fingerprint density at radius 3 is 2.75 bits per heavy atom. The van der Waals surface area contributed by atoms with Gasteiger partial charge in [0.1, 0.15) is 17.6 Å². The standard InChI is InChI=1S/C15H14F3N5O/c16-15(17,18)11-8-12(21-10-5-3-7-20-14(10)24)23-13(22-11)9-4-1-2-6-19-9/h1-2,4,6,8,10H,3,5,7H2,(H,20,24)(H,21,22,23)/t10-/m1/s1. The van der Waals surface area contributed by atoms with E-state index in [1.54, 1.807) is 12.1 Å². The highest BCUT2D eigenvalue weighted by molar-refractivity contribution is 5.85. The van der Waals surface area contributed by atoms with Gasteiger partial charge < -0.3 is 10.6 Å². The number of rotatable bonds is 3. The van der Waals surface area contributed by atoms with Crippen LogP contribution < -0.4 is 10.6 Å². The van der Waals surface area contributed by atoms with Gasteiger partial charge in [0.05, 0.1) is 0 Å². The first-order valence-corrected chi connectivity index (χ1v) is 7.35.